The maximum Gasteiger partial charge on any atom is 0.116 e. The number of nitrogens with zero attached hydrogens (tertiary/aromatic N) is 1. The van der Waals surface area contributed by atoms with Gasteiger partial charge in [0, 0.05) is 12.2 Å². The molecule has 2 nitrogen and oxygen atoms in total. The van der Waals surface area contributed by atoms with Crippen LogP contribution in [0.4, 0.5) is 0 Å². The Labute approximate surface area is 92.9 Å². The van der Waals surface area contributed by atoms with Gasteiger partial charge < -0.3 is 9.64 Å². The van der Waals surface area contributed by atoms with Crippen molar-refractivity contribution >= 4 is 0 Å². The van der Waals surface area contributed by atoms with Gasteiger partial charge in [-0.1, -0.05) is 12.7 Å². The summed E-state index contributed by atoms with van der Waals surface area (Å²) in [7, 11) is 1.71. The molecular formula is C13H21NO. The van der Waals surface area contributed by atoms with Gasteiger partial charge in [0.15, 0.2) is 0 Å². The van der Waals surface area contributed by atoms with E-state index in [0.29, 0.717) is 6.04 Å². The van der Waals surface area contributed by atoms with Crippen LogP contribution in [-0.2, 0) is 4.74 Å². The van der Waals surface area contributed by atoms with Gasteiger partial charge in [-0.25, -0.2) is 0 Å². The number of hydrogen-bond donors (Lipinski definition) is 0. The average molecular weight is 207 g/mol. The van der Waals surface area contributed by atoms with Gasteiger partial charge in [-0.2, -0.15) is 0 Å². The Morgan fingerprint density at radius 2 is 2.00 bits per heavy atom. The van der Waals surface area contributed by atoms with E-state index in [1.165, 1.54) is 12.8 Å². The monoisotopic (exact) mass is 207 g/mol. The van der Waals surface area contributed by atoms with Crippen molar-refractivity contribution in [2.45, 2.75) is 39.7 Å². The molecule has 1 aliphatic rings. The number of methoxy groups -OCH3 is 1. The van der Waals surface area contributed by atoms with E-state index in [-0.39, 0.29) is 0 Å². The normalized spacial score (nSPS) is 17.6. The molecule has 1 fully saturated rings. The minimum absolute atomic E-state index is 0.637. The van der Waals surface area contributed by atoms with E-state index in [1.54, 1.807) is 7.11 Å². The Hall–Kier alpha value is -1.18. The van der Waals surface area contributed by atoms with Crippen LogP contribution in [0.15, 0.2) is 35.9 Å². The van der Waals surface area contributed by atoms with Crippen LogP contribution in [0.25, 0.3) is 0 Å². The summed E-state index contributed by atoms with van der Waals surface area (Å²) in [6.07, 6.45) is 6.70. The third-order valence-electron chi connectivity index (χ3n) is 2.55. The van der Waals surface area contributed by atoms with Gasteiger partial charge >= 0.3 is 0 Å². The molecule has 0 amide bonds. The molecule has 2 heteroatoms. The highest BCUT2D eigenvalue weighted by Gasteiger charge is 2.30. The van der Waals surface area contributed by atoms with E-state index in [0.717, 1.165) is 17.0 Å². The quantitative estimate of drug-likeness (QED) is 0.506. The molecule has 0 saturated heterocycles. The first kappa shape index (κ1) is 11.9. The van der Waals surface area contributed by atoms with Gasteiger partial charge in [-0.3, -0.25) is 0 Å². The lowest BCUT2D eigenvalue weighted by Gasteiger charge is -2.25. The van der Waals surface area contributed by atoms with Crippen LogP contribution in [0.5, 0.6) is 0 Å². The van der Waals surface area contributed by atoms with E-state index in [1.807, 2.05) is 20.8 Å². The molecule has 0 aliphatic heterocycles. The number of ether oxygens (including phenoxy) is 1. The van der Waals surface area contributed by atoms with Crippen molar-refractivity contribution in [3.63, 3.8) is 0 Å². The Morgan fingerprint density at radius 3 is 2.33 bits per heavy atom. The van der Waals surface area contributed by atoms with Crippen molar-refractivity contribution in [1.82, 2.24) is 4.90 Å². The first-order valence-corrected chi connectivity index (χ1v) is 5.43. The second-order valence-corrected chi connectivity index (χ2v) is 4.01. The van der Waals surface area contributed by atoms with Gasteiger partial charge in [0.2, 0.25) is 0 Å². The molecule has 1 rings (SSSR count). The van der Waals surface area contributed by atoms with Gasteiger partial charge in [-0.15, -0.1) is 0 Å². The fourth-order valence-electron chi connectivity index (χ4n) is 1.69. The van der Waals surface area contributed by atoms with Crippen LogP contribution in [0, 0.1) is 0 Å². The lowest BCUT2D eigenvalue weighted by molar-refractivity contribution is 0.273. The van der Waals surface area contributed by atoms with Crippen LogP contribution in [0.3, 0.4) is 0 Å². The van der Waals surface area contributed by atoms with Crippen molar-refractivity contribution in [1.29, 1.82) is 0 Å². The van der Waals surface area contributed by atoms with E-state index >= 15 is 0 Å². The molecule has 0 radical (unpaired) electrons. The molecule has 0 atom stereocenters. The molecule has 0 aromatic rings. The first-order chi connectivity index (χ1) is 7.11. The van der Waals surface area contributed by atoms with E-state index in [4.69, 9.17) is 4.74 Å². The minimum atomic E-state index is 0.637. The lowest BCUT2D eigenvalue weighted by Crippen LogP contribution is -2.21. The average Bonchev–Trinajstić information content (AvgIpc) is 2.99. The zero-order valence-electron chi connectivity index (χ0n) is 10.2. The number of allylic oxidation sites excluding steroid dienone is 3. The van der Waals surface area contributed by atoms with Crippen molar-refractivity contribution in [2.24, 2.45) is 0 Å². The maximum absolute atomic E-state index is 5.32. The highest BCUT2D eigenvalue weighted by molar-refractivity contribution is 5.30. The fraction of sp³-hybridized carbons (Fsp3) is 0.538. The minimum Gasteiger partial charge on any atom is -0.499 e. The fourth-order valence-corrected chi connectivity index (χ4v) is 1.69. The smallest absolute Gasteiger partial charge is 0.116 e. The van der Waals surface area contributed by atoms with Crippen LogP contribution >= 0.6 is 0 Å². The maximum atomic E-state index is 5.32. The van der Waals surface area contributed by atoms with Crippen molar-refractivity contribution in [3.8, 4) is 0 Å². The van der Waals surface area contributed by atoms with Gasteiger partial charge in [0.25, 0.3) is 0 Å². The van der Waals surface area contributed by atoms with Crippen molar-refractivity contribution < 1.29 is 4.74 Å². The van der Waals surface area contributed by atoms with Crippen LogP contribution in [-0.4, -0.2) is 18.1 Å². The van der Waals surface area contributed by atoms with E-state index in [9.17, 15) is 0 Å². The van der Waals surface area contributed by atoms with Gasteiger partial charge in [-0.05, 0) is 39.2 Å². The summed E-state index contributed by atoms with van der Waals surface area (Å²) in [6, 6.07) is 0.637. The summed E-state index contributed by atoms with van der Waals surface area (Å²) in [5.74, 6) is 0.938. The molecule has 0 aromatic carbocycles. The summed E-state index contributed by atoms with van der Waals surface area (Å²) in [5, 5.41) is 0. The van der Waals surface area contributed by atoms with Crippen LogP contribution in [0.1, 0.15) is 33.6 Å². The molecule has 84 valence electrons. The summed E-state index contributed by atoms with van der Waals surface area (Å²) < 4.78 is 5.32. The molecule has 0 unspecified atom stereocenters. The van der Waals surface area contributed by atoms with E-state index < -0.39 is 0 Å². The van der Waals surface area contributed by atoms with Gasteiger partial charge in [0.1, 0.15) is 5.76 Å². The Balaban J connectivity index is 2.99. The Kier molecular flexibility index (Phi) is 4.01. The molecule has 1 aliphatic carbocycles. The Bertz CT molecular complexity index is 298. The van der Waals surface area contributed by atoms with Crippen LogP contribution in [0.2, 0.25) is 0 Å². The third-order valence-corrected chi connectivity index (χ3v) is 2.55. The second kappa shape index (κ2) is 5.06. The Morgan fingerprint density at radius 1 is 1.40 bits per heavy atom. The zero-order valence-corrected chi connectivity index (χ0v) is 10.2. The summed E-state index contributed by atoms with van der Waals surface area (Å²) in [5.41, 5.74) is 2.18. The third kappa shape index (κ3) is 2.88. The molecule has 0 N–H and O–H groups in total. The molecule has 0 bridgehead atoms. The predicted molar refractivity (Wildman–Crippen MR) is 64.2 cm³/mol. The molecule has 0 heterocycles. The zero-order chi connectivity index (χ0) is 11.4. The number of hydrogen-bond acceptors (Lipinski definition) is 2. The van der Waals surface area contributed by atoms with E-state index in [2.05, 4.69) is 23.8 Å². The molecular weight excluding hydrogens is 186 g/mol. The largest absolute Gasteiger partial charge is 0.499 e. The molecule has 0 aromatic heterocycles. The molecule has 15 heavy (non-hydrogen) atoms. The van der Waals surface area contributed by atoms with Crippen molar-refractivity contribution in [3.05, 3.63) is 35.9 Å². The SMILES string of the molecule is C=C(C)/C(=C(\C)OC)N(/C=C\C)C1CC1. The highest BCUT2D eigenvalue weighted by atomic mass is 16.5. The lowest BCUT2D eigenvalue weighted by atomic mass is 10.2. The molecule has 1 saturated carbocycles. The number of rotatable bonds is 5. The van der Waals surface area contributed by atoms with Crippen molar-refractivity contribution in [2.75, 3.05) is 7.11 Å². The first-order valence-electron chi connectivity index (χ1n) is 5.43. The predicted octanol–water partition coefficient (Wildman–Crippen LogP) is 3.44. The highest BCUT2D eigenvalue weighted by Crippen LogP contribution is 2.33. The summed E-state index contributed by atoms with van der Waals surface area (Å²) in [6.45, 7) is 10.1. The van der Waals surface area contributed by atoms with Gasteiger partial charge in [0.05, 0.1) is 12.8 Å². The summed E-state index contributed by atoms with van der Waals surface area (Å²) >= 11 is 0. The summed E-state index contributed by atoms with van der Waals surface area (Å²) in [4.78, 5) is 2.28. The topological polar surface area (TPSA) is 12.5 Å². The second-order valence-electron chi connectivity index (χ2n) is 4.01. The molecule has 0 spiro atoms. The van der Waals surface area contributed by atoms with Crippen LogP contribution < -0.4 is 0 Å². The standard InChI is InChI=1S/C13H21NO/c1-6-9-14(12-7-8-12)13(10(2)3)11(4)15-5/h6,9,12H,2,7-8H2,1,3-5H3/b9-6-,13-11-.